The second-order valence-corrected chi connectivity index (χ2v) is 10.2. The number of rotatable bonds is 5. The Morgan fingerprint density at radius 1 is 1.09 bits per heavy atom. The van der Waals surface area contributed by atoms with Crippen LogP contribution in [-0.4, -0.2) is 34.6 Å². The highest BCUT2D eigenvalue weighted by Crippen LogP contribution is 2.43. The highest BCUT2D eigenvalue weighted by molar-refractivity contribution is 5.95. The smallest absolute Gasteiger partial charge is 0.393 e. The molecule has 1 heterocycles. The molecular weight excluding hydrogens is 448 g/mol. The second-order valence-electron chi connectivity index (χ2n) is 10.2. The van der Waals surface area contributed by atoms with E-state index in [0.717, 1.165) is 63.1 Å². The summed E-state index contributed by atoms with van der Waals surface area (Å²) in [4.78, 5) is 15.1. The van der Waals surface area contributed by atoms with Gasteiger partial charge in [-0.15, -0.1) is 0 Å². The number of halogens is 4. The van der Waals surface area contributed by atoms with Gasteiger partial charge in [0.2, 0.25) is 5.91 Å². The van der Waals surface area contributed by atoms with Gasteiger partial charge in [0.1, 0.15) is 5.82 Å². The van der Waals surface area contributed by atoms with E-state index in [0.29, 0.717) is 30.7 Å². The fourth-order valence-electron chi connectivity index (χ4n) is 5.76. The molecule has 2 fully saturated rings. The Balaban J connectivity index is 1.61. The van der Waals surface area contributed by atoms with Gasteiger partial charge in [0.25, 0.3) is 0 Å². The van der Waals surface area contributed by atoms with Crippen molar-refractivity contribution in [3.8, 4) is 0 Å². The Hall–Kier alpha value is -2.09. The molecule has 188 valence electrons. The highest BCUT2D eigenvalue weighted by Gasteiger charge is 2.39. The molecule has 1 atom stereocenters. The van der Waals surface area contributed by atoms with Gasteiger partial charge in [0.15, 0.2) is 0 Å². The molecule has 1 unspecified atom stereocenters. The molecule has 3 aliphatic rings. The van der Waals surface area contributed by atoms with Gasteiger partial charge >= 0.3 is 6.18 Å². The monoisotopic (exact) mass is 482 g/mol. The van der Waals surface area contributed by atoms with Gasteiger partial charge < -0.3 is 15.3 Å². The zero-order valence-corrected chi connectivity index (χ0v) is 19.6. The van der Waals surface area contributed by atoms with Gasteiger partial charge in [-0.3, -0.25) is 4.79 Å². The van der Waals surface area contributed by atoms with E-state index in [-0.39, 0.29) is 36.0 Å². The van der Waals surface area contributed by atoms with Crippen molar-refractivity contribution in [1.29, 1.82) is 0 Å². The maximum Gasteiger partial charge on any atom is 0.416 e. The molecule has 2 N–H and O–H groups in total. The minimum atomic E-state index is -4.57. The van der Waals surface area contributed by atoms with E-state index < -0.39 is 23.6 Å². The van der Waals surface area contributed by atoms with E-state index in [1.165, 1.54) is 0 Å². The van der Waals surface area contributed by atoms with Crippen molar-refractivity contribution >= 4 is 5.91 Å². The Kier molecular flexibility index (Phi) is 7.55. The van der Waals surface area contributed by atoms with E-state index in [4.69, 9.17) is 0 Å². The maximum atomic E-state index is 14.9. The van der Waals surface area contributed by atoms with Gasteiger partial charge in [-0.25, -0.2) is 4.39 Å². The summed E-state index contributed by atoms with van der Waals surface area (Å²) in [5.41, 5.74) is 0.331. The average molecular weight is 483 g/mol. The van der Waals surface area contributed by atoms with Crippen molar-refractivity contribution in [1.82, 2.24) is 10.2 Å². The molecule has 34 heavy (non-hydrogen) atoms. The highest BCUT2D eigenvalue weighted by atomic mass is 19.4. The Morgan fingerprint density at radius 3 is 2.41 bits per heavy atom. The first-order chi connectivity index (χ1) is 16.1. The summed E-state index contributed by atoms with van der Waals surface area (Å²) >= 11 is 0. The molecule has 0 saturated heterocycles. The van der Waals surface area contributed by atoms with Gasteiger partial charge in [0.05, 0.1) is 17.7 Å². The minimum Gasteiger partial charge on any atom is -0.393 e. The Labute approximate surface area is 198 Å². The SMILES string of the molecule is CC1=C(C(=O)NC2CCCCC2)CC(c2cc(C(F)(F)F)ccc2F)N1C[C@H]1CC[C@H](O)CC1. The van der Waals surface area contributed by atoms with Gasteiger partial charge in [-0.2, -0.15) is 13.2 Å². The van der Waals surface area contributed by atoms with Crippen molar-refractivity contribution in [2.45, 2.75) is 95.5 Å². The van der Waals surface area contributed by atoms with Gasteiger partial charge in [0, 0.05) is 35.8 Å². The predicted molar refractivity (Wildman–Crippen MR) is 121 cm³/mol. The molecule has 8 heteroatoms. The van der Waals surface area contributed by atoms with E-state index in [9.17, 15) is 27.5 Å². The molecule has 0 aromatic heterocycles. The largest absolute Gasteiger partial charge is 0.416 e. The molecule has 0 bridgehead atoms. The number of aliphatic hydroxyl groups excluding tert-OH is 1. The summed E-state index contributed by atoms with van der Waals surface area (Å²) < 4.78 is 55.1. The fraction of sp³-hybridized carbons (Fsp3) is 0.654. The summed E-state index contributed by atoms with van der Waals surface area (Å²) in [6, 6.07) is 1.98. The van der Waals surface area contributed by atoms with Crippen LogP contribution in [0.15, 0.2) is 29.5 Å². The number of nitrogens with zero attached hydrogens (tertiary/aromatic N) is 1. The fourth-order valence-corrected chi connectivity index (χ4v) is 5.76. The molecule has 2 aliphatic carbocycles. The first-order valence-electron chi connectivity index (χ1n) is 12.5. The topological polar surface area (TPSA) is 52.6 Å². The molecule has 1 amide bonds. The van der Waals surface area contributed by atoms with E-state index in [2.05, 4.69) is 5.32 Å². The molecule has 1 aromatic rings. The molecule has 4 nitrogen and oxygen atoms in total. The summed E-state index contributed by atoms with van der Waals surface area (Å²) in [6.45, 7) is 2.35. The lowest BCUT2D eigenvalue weighted by molar-refractivity contribution is -0.137. The van der Waals surface area contributed by atoms with Gasteiger partial charge in [-0.05, 0) is 69.6 Å². The number of nitrogens with one attached hydrogen (secondary N) is 1. The molecule has 1 aliphatic heterocycles. The number of amides is 1. The van der Waals surface area contributed by atoms with Crippen LogP contribution in [0, 0.1) is 11.7 Å². The lowest BCUT2D eigenvalue weighted by Gasteiger charge is -2.35. The molecule has 0 radical (unpaired) electrons. The lowest BCUT2D eigenvalue weighted by Crippen LogP contribution is -2.37. The third-order valence-electron chi connectivity index (χ3n) is 7.81. The summed E-state index contributed by atoms with van der Waals surface area (Å²) in [5, 5.41) is 13.0. The van der Waals surface area contributed by atoms with Gasteiger partial charge in [-0.1, -0.05) is 19.3 Å². The maximum absolute atomic E-state index is 14.9. The molecule has 2 saturated carbocycles. The predicted octanol–water partition coefficient (Wildman–Crippen LogP) is 5.87. The van der Waals surface area contributed by atoms with Crippen molar-refractivity contribution in [3.05, 3.63) is 46.4 Å². The van der Waals surface area contributed by atoms with Crippen LogP contribution in [0.2, 0.25) is 0 Å². The van der Waals surface area contributed by atoms with E-state index in [1.807, 2.05) is 11.8 Å². The molecular formula is C26H34F4N2O2. The molecule has 0 spiro atoms. The zero-order valence-electron chi connectivity index (χ0n) is 19.6. The summed E-state index contributed by atoms with van der Waals surface area (Å²) in [6.07, 6.45) is 3.40. The van der Waals surface area contributed by atoms with Crippen LogP contribution in [0.4, 0.5) is 17.6 Å². The number of hydrogen-bond donors (Lipinski definition) is 2. The van der Waals surface area contributed by atoms with Crippen LogP contribution in [-0.2, 0) is 11.0 Å². The number of hydrogen-bond acceptors (Lipinski definition) is 3. The van der Waals surface area contributed by atoms with Crippen LogP contribution in [0.1, 0.15) is 88.3 Å². The van der Waals surface area contributed by atoms with Crippen LogP contribution < -0.4 is 5.32 Å². The minimum absolute atomic E-state index is 0.0227. The molecule has 1 aromatic carbocycles. The van der Waals surface area contributed by atoms with E-state index in [1.54, 1.807) is 0 Å². The van der Waals surface area contributed by atoms with Crippen LogP contribution in [0.25, 0.3) is 0 Å². The standard InChI is InChI=1S/C26H34F4N2O2/c1-16-21(25(34)31-19-5-3-2-4-6-19)14-24(32(16)15-17-7-10-20(33)11-8-17)22-13-18(26(28,29)30)9-12-23(22)27/h9,12-13,17,19-20,24,33H,2-8,10-11,14-15H2,1H3,(H,31,34)/t17-,20-,24?. The first-order valence-corrected chi connectivity index (χ1v) is 12.5. The Morgan fingerprint density at radius 2 is 1.76 bits per heavy atom. The van der Waals surface area contributed by atoms with Crippen molar-refractivity contribution in [2.24, 2.45) is 5.92 Å². The van der Waals surface area contributed by atoms with Crippen LogP contribution in [0.5, 0.6) is 0 Å². The quantitative estimate of drug-likeness (QED) is 0.517. The Bertz CT molecular complexity index is 916. The van der Waals surface area contributed by atoms with Crippen LogP contribution >= 0.6 is 0 Å². The first kappa shape index (κ1) is 25.0. The second kappa shape index (κ2) is 10.3. The number of carbonyl (C=O) groups excluding carboxylic acids is 1. The zero-order chi connectivity index (χ0) is 24.5. The van der Waals surface area contributed by atoms with Crippen molar-refractivity contribution in [2.75, 3.05) is 6.54 Å². The van der Waals surface area contributed by atoms with Crippen molar-refractivity contribution in [3.63, 3.8) is 0 Å². The number of allylic oxidation sites excluding steroid dienone is 1. The normalized spacial score (nSPS) is 26.8. The third-order valence-corrected chi connectivity index (χ3v) is 7.81. The number of benzene rings is 1. The summed E-state index contributed by atoms with van der Waals surface area (Å²) in [7, 11) is 0. The lowest BCUT2D eigenvalue weighted by atomic mass is 9.86. The number of alkyl halides is 3. The molecule has 4 rings (SSSR count). The van der Waals surface area contributed by atoms with Crippen molar-refractivity contribution < 1.29 is 27.5 Å². The van der Waals surface area contributed by atoms with Crippen LogP contribution in [0.3, 0.4) is 0 Å². The summed E-state index contributed by atoms with van der Waals surface area (Å²) in [5.74, 6) is -0.650. The number of aliphatic hydroxyl groups is 1. The number of carbonyl (C=O) groups is 1. The third kappa shape index (κ3) is 5.58. The average Bonchev–Trinajstić information content (AvgIpc) is 3.11. The van der Waals surface area contributed by atoms with E-state index >= 15 is 0 Å².